The smallest absolute Gasteiger partial charge is 0.330 e. The number of rotatable bonds is 7. The zero-order valence-corrected chi connectivity index (χ0v) is 16.3. The monoisotopic (exact) mass is 404 g/mol. The van der Waals surface area contributed by atoms with Crippen LogP contribution in [0.15, 0.2) is 33.9 Å². The van der Waals surface area contributed by atoms with Crippen molar-refractivity contribution in [3.63, 3.8) is 0 Å². The van der Waals surface area contributed by atoms with E-state index in [9.17, 15) is 14.4 Å². The summed E-state index contributed by atoms with van der Waals surface area (Å²) < 4.78 is 17.7. The molecule has 1 aromatic heterocycles. The summed E-state index contributed by atoms with van der Waals surface area (Å²) in [6.45, 7) is 2.36. The molecule has 0 bridgehead atoms. The van der Waals surface area contributed by atoms with Crippen LogP contribution in [0.4, 0.5) is 11.5 Å². The highest BCUT2D eigenvalue weighted by atomic mass is 16.6. The van der Waals surface area contributed by atoms with Gasteiger partial charge in [-0.2, -0.15) is 0 Å². The Labute approximate surface area is 166 Å². The standard InChI is InChI=1S/C19H24N4O6/c1-3-8-23-16(20)15(17(24)21-19(23)26)22(9-10-27-2)18(25)14-11-28-12-6-4-5-7-13(12)29-14/h4-7,14H,3,8-11,20H2,1-2H3,(H,21,24,26)/t14-/m0/s1. The van der Waals surface area contributed by atoms with Crippen molar-refractivity contribution >= 4 is 17.4 Å². The molecule has 0 aliphatic carbocycles. The first-order valence-corrected chi connectivity index (χ1v) is 9.29. The van der Waals surface area contributed by atoms with E-state index >= 15 is 0 Å². The van der Waals surface area contributed by atoms with E-state index < -0.39 is 23.3 Å². The second kappa shape index (κ2) is 8.82. The van der Waals surface area contributed by atoms with E-state index in [1.54, 1.807) is 24.3 Å². The van der Waals surface area contributed by atoms with Gasteiger partial charge in [-0.05, 0) is 18.6 Å². The van der Waals surface area contributed by atoms with Gasteiger partial charge in [-0.15, -0.1) is 0 Å². The van der Waals surface area contributed by atoms with Crippen LogP contribution in [0.25, 0.3) is 0 Å². The Balaban J connectivity index is 1.99. The molecular formula is C19H24N4O6. The second-order valence-corrected chi connectivity index (χ2v) is 6.49. The number of nitrogens with one attached hydrogen (secondary N) is 1. The Hall–Kier alpha value is -3.27. The number of hydrogen-bond donors (Lipinski definition) is 2. The number of aromatic nitrogens is 2. The Morgan fingerprint density at radius 3 is 2.76 bits per heavy atom. The molecule has 0 radical (unpaired) electrons. The molecule has 1 amide bonds. The van der Waals surface area contributed by atoms with Gasteiger partial charge in [-0.1, -0.05) is 19.1 Å². The van der Waals surface area contributed by atoms with E-state index in [0.29, 0.717) is 24.5 Å². The number of anilines is 2. The molecule has 10 heteroatoms. The largest absolute Gasteiger partial charge is 0.485 e. The van der Waals surface area contributed by atoms with Gasteiger partial charge in [-0.3, -0.25) is 24.0 Å². The van der Waals surface area contributed by atoms with E-state index in [1.807, 2.05) is 6.92 Å². The molecule has 0 fully saturated rings. The minimum absolute atomic E-state index is 0.0221. The lowest BCUT2D eigenvalue weighted by Crippen LogP contribution is -2.50. The minimum atomic E-state index is -0.980. The molecule has 1 aromatic carbocycles. The summed E-state index contributed by atoms with van der Waals surface area (Å²) in [6, 6.07) is 6.99. The van der Waals surface area contributed by atoms with Crippen LogP contribution in [-0.4, -0.2) is 48.4 Å². The number of carbonyl (C=O) groups is 1. The summed E-state index contributed by atoms with van der Waals surface area (Å²) in [5.74, 6) is 0.369. The molecule has 1 atom stereocenters. The normalized spacial score (nSPS) is 15.2. The SMILES string of the molecule is CCCn1c(N)c(N(CCOC)C(=O)[C@@H]2COc3ccccc3O2)c(=O)[nH]c1=O. The number of methoxy groups -OCH3 is 1. The van der Waals surface area contributed by atoms with E-state index in [-0.39, 0.29) is 31.3 Å². The summed E-state index contributed by atoms with van der Waals surface area (Å²) in [5, 5.41) is 0. The lowest BCUT2D eigenvalue weighted by atomic mass is 10.2. The zero-order chi connectivity index (χ0) is 21.0. The number of carbonyl (C=O) groups excluding carboxylic acids is 1. The van der Waals surface area contributed by atoms with E-state index in [4.69, 9.17) is 19.9 Å². The van der Waals surface area contributed by atoms with Gasteiger partial charge in [0.15, 0.2) is 17.2 Å². The second-order valence-electron chi connectivity index (χ2n) is 6.49. The average Bonchev–Trinajstić information content (AvgIpc) is 2.72. The summed E-state index contributed by atoms with van der Waals surface area (Å²) in [4.78, 5) is 41.3. The third-order valence-electron chi connectivity index (χ3n) is 4.50. The number of nitrogen functional groups attached to an aromatic ring is 1. The lowest BCUT2D eigenvalue weighted by Gasteiger charge is -2.31. The fourth-order valence-electron chi connectivity index (χ4n) is 3.11. The highest BCUT2D eigenvalue weighted by Crippen LogP contribution is 2.31. The van der Waals surface area contributed by atoms with Gasteiger partial charge in [0.1, 0.15) is 12.4 Å². The Kier molecular flexibility index (Phi) is 6.23. The van der Waals surface area contributed by atoms with Crippen molar-refractivity contribution in [1.29, 1.82) is 0 Å². The van der Waals surface area contributed by atoms with Crippen molar-refractivity contribution in [3.05, 3.63) is 45.1 Å². The molecule has 156 valence electrons. The highest BCUT2D eigenvalue weighted by molar-refractivity contribution is 5.99. The van der Waals surface area contributed by atoms with Crippen LogP contribution >= 0.6 is 0 Å². The molecule has 1 aliphatic heterocycles. The lowest BCUT2D eigenvalue weighted by molar-refractivity contribution is -0.127. The number of H-pyrrole nitrogens is 1. The van der Waals surface area contributed by atoms with Crippen molar-refractivity contribution in [2.75, 3.05) is 37.5 Å². The molecule has 2 heterocycles. The number of fused-ring (bicyclic) bond motifs is 1. The van der Waals surface area contributed by atoms with Gasteiger partial charge in [0.25, 0.3) is 11.5 Å². The molecule has 0 unspecified atom stereocenters. The van der Waals surface area contributed by atoms with Crippen LogP contribution in [-0.2, 0) is 16.1 Å². The third kappa shape index (κ3) is 4.11. The maximum absolute atomic E-state index is 13.2. The first-order valence-electron chi connectivity index (χ1n) is 9.29. The van der Waals surface area contributed by atoms with E-state index in [0.717, 1.165) is 0 Å². The predicted molar refractivity (Wildman–Crippen MR) is 107 cm³/mol. The number of nitrogens with zero attached hydrogens (tertiary/aromatic N) is 2. The minimum Gasteiger partial charge on any atom is -0.485 e. The van der Waals surface area contributed by atoms with E-state index in [1.165, 1.54) is 16.6 Å². The summed E-state index contributed by atoms with van der Waals surface area (Å²) in [7, 11) is 1.48. The Morgan fingerprint density at radius 1 is 1.34 bits per heavy atom. The van der Waals surface area contributed by atoms with Crippen molar-refractivity contribution in [1.82, 2.24) is 9.55 Å². The van der Waals surface area contributed by atoms with Gasteiger partial charge < -0.3 is 19.9 Å². The van der Waals surface area contributed by atoms with Crippen molar-refractivity contribution < 1.29 is 19.0 Å². The van der Waals surface area contributed by atoms with Gasteiger partial charge in [-0.25, -0.2) is 4.79 Å². The van der Waals surface area contributed by atoms with Gasteiger partial charge in [0, 0.05) is 20.2 Å². The topological polar surface area (TPSA) is 129 Å². The number of amides is 1. The van der Waals surface area contributed by atoms with Crippen LogP contribution in [0.5, 0.6) is 11.5 Å². The highest BCUT2D eigenvalue weighted by Gasteiger charge is 2.34. The number of benzene rings is 1. The summed E-state index contributed by atoms with van der Waals surface area (Å²) in [5.41, 5.74) is 4.64. The molecule has 29 heavy (non-hydrogen) atoms. The number of hydrogen-bond acceptors (Lipinski definition) is 7. The predicted octanol–water partition coefficient (Wildman–Crippen LogP) is 0.348. The van der Waals surface area contributed by atoms with E-state index in [2.05, 4.69) is 4.98 Å². The molecule has 10 nitrogen and oxygen atoms in total. The van der Waals surface area contributed by atoms with Gasteiger partial charge >= 0.3 is 5.69 Å². The fraction of sp³-hybridized carbons (Fsp3) is 0.421. The Morgan fingerprint density at radius 2 is 2.07 bits per heavy atom. The molecule has 1 aliphatic rings. The number of aromatic amines is 1. The van der Waals surface area contributed by atoms with Crippen molar-refractivity contribution in [3.8, 4) is 11.5 Å². The average molecular weight is 404 g/mol. The number of para-hydroxylation sites is 2. The maximum atomic E-state index is 13.2. The molecule has 2 aromatic rings. The Bertz CT molecular complexity index is 999. The third-order valence-corrected chi connectivity index (χ3v) is 4.50. The molecular weight excluding hydrogens is 380 g/mol. The van der Waals surface area contributed by atoms with Crippen LogP contribution < -0.4 is 31.4 Å². The molecule has 3 N–H and O–H groups in total. The maximum Gasteiger partial charge on any atom is 0.330 e. The van der Waals surface area contributed by atoms with Crippen molar-refractivity contribution in [2.45, 2.75) is 26.0 Å². The molecule has 3 rings (SSSR count). The zero-order valence-electron chi connectivity index (χ0n) is 16.3. The van der Waals surface area contributed by atoms with Crippen LogP contribution in [0.2, 0.25) is 0 Å². The quantitative estimate of drug-likeness (QED) is 0.681. The fourth-order valence-corrected chi connectivity index (χ4v) is 3.11. The first-order chi connectivity index (χ1) is 14.0. The summed E-state index contributed by atoms with van der Waals surface area (Å²) >= 11 is 0. The number of nitrogens with two attached hydrogens (primary N) is 1. The van der Waals surface area contributed by atoms with Crippen LogP contribution in [0, 0.1) is 0 Å². The van der Waals surface area contributed by atoms with Gasteiger partial charge in [0.2, 0.25) is 6.10 Å². The van der Waals surface area contributed by atoms with Gasteiger partial charge in [0.05, 0.1) is 6.61 Å². The molecule has 0 spiro atoms. The number of ether oxygens (including phenoxy) is 3. The first kappa shape index (κ1) is 20.5. The van der Waals surface area contributed by atoms with Crippen LogP contribution in [0.3, 0.4) is 0 Å². The van der Waals surface area contributed by atoms with Crippen LogP contribution in [0.1, 0.15) is 13.3 Å². The molecule has 0 saturated carbocycles. The molecule has 0 saturated heterocycles. The van der Waals surface area contributed by atoms with Crippen molar-refractivity contribution in [2.24, 2.45) is 0 Å². The summed E-state index contributed by atoms with van der Waals surface area (Å²) in [6.07, 6.45) is -0.357.